The van der Waals surface area contributed by atoms with Gasteiger partial charge in [0.1, 0.15) is 0 Å². The number of hydrazone groups is 1. The Balaban J connectivity index is 1.69. The van der Waals surface area contributed by atoms with Crippen molar-refractivity contribution in [1.29, 1.82) is 0 Å². The van der Waals surface area contributed by atoms with E-state index >= 15 is 0 Å². The molecule has 0 fully saturated rings. The number of carbonyl (C=O) groups excluding carboxylic acids is 1. The lowest BCUT2D eigenvalue weighted by Crippen LogP contribution is -2.07. The zero-order chi connectivity index (χ0) is 18.4. The van der Waals surface area contributed by atoms with E-state index in [1.54, 1.807) is 24.0 Å². The second-order valence-electron chi connectivity index (χ2n) is 5.51. The van der Waals surface area contributed by atoms with Gasteiger partial charge in [-0.2, -0.15) is 10.2 Å². The Labute approximate surface area is 155 Å². The van der Waals surface area contributed by atoms with E-state index in [-0.39, 0.29) is 12.4 Å². The monoisotopic (exact) mass is 369 g/mol. The Bertz CT molecular complexity index is 902. The van der Waals surface area contributed by atoms with E-state index in [0.29, 0.717) is 17.4 Å². The number of rotatable bonds is 7. The molecule has 0 amide bonds. The number of aromatic nitrogens is 3. The summed E-state index contributed by atoms with van der Waals surface area (Å²) >= 11 is 1.39. The smallest absolute Gasteiger partial charge is 0.311 e. The molecule has 0 aliphatic heterocycles. The van der Waals surface area contributed by atoms with E-state index in [1.807, 2.05) is 42.8 Å². The molecule has 0 unspecified atom stereocenters. The predicted octanol–water partition coefficient (Wildman–Crippen LogP) is 3.19. The second-order valence-corrected chi connectivity index (χ2v) is 6.37. The molecule has 3 rings (SSSR count). The molecule has 1 N–H and O–H groups in total. The highest BCUT2D eigenvalue weighted by molar-refractivity contribution is 7.13. The van der Waals surface area contributed by atoms with Gasteiger partial charge >= 0.3 is 5.97 Å². The first kappa shape index (κ1) is 17.8. The number of benzene rings is 1. The Morgan fingerprint density at radius 3 is 3.12 bits per heavy atom. The zero-order valence-corrected chi connectivity index (χ0v) is 15.4. The van der Waals surface area contributed by atoms with Crippen molar-refractivity contribution >= 4 is 28.7 Å². The molecule has 0 saturated carbocycles. The summed E-state index contributed by atoms with van der Waals surface area (Å²) in [7, 11) is 0. The Morgan fingerprint density at radius 1 is 1.46 bits per heavy atom. The normalized spacial score (nSPS) is 11.0. The van der Waals surface area contributed by atoms with E-state index in [2.05, 4.69) is 20.6 Å². The Kier molecular flexibility index (Phi) is 5.75. The van der Waals surface area contributed by atoms with Crippen LogP contribution in [0.3, 0.4) is 0 Å². The van der Waals surface area contributed by atoms with Crippen molar-refractivity contribution in [3.63, 3.8) is 0 Å². The second kappa shape index (κ2) is 8.39. The van der Waals surface area contributed by atoms with E-state index in [0.717, 1.165) is 16.8 Å². The minimum atomic E-state index is -0.281. The van der Waals surface area contributed by atoms with Gasteiger partial charge in [0.25, 0.3) is 0 Å². The SMILES string of the molecule is CCOC(=O)Cc1csc(NN=Cc2cc(C)ccc2-n2cccn2)n1. The van der Waals surface area contributed by atoms with Crippen molar-refractivity contribution < 1.29 is 9.53 Å². The van der Waals surface area contributed by atoms with Crippen LogP contribution >= 0.6 is 11.3 Å². The fraction of sp³-hybridized carbons (Fsp3) is 0.222. The van der Waals surface area contributed by atoms with Crippen LogP contribution in [0, 0.1) is 6.92 Å². The highest BCUT2D eigenvalue weighted by Gasteiger charge is 2.08. The van der Waals surface area contributed by atoms with E-state index in [1.165, 1.54) is 11.3 Å². The van der Waals surface area contributed by atoms with Gasteiger partial charge in [0.15, 0.2) is 0 Å². The zero-order valence-electron chi connectivity index (χ0n) is 14.5. The molecule has 0 radical (unpaired) electrons. The first-order chi connectivity index (χ1) is 12.7. The summed E-state index contributed by atoms with van der Waals surface area (Å²) < 4.78 is 6.71. The summed E-state index contributed by atoms with van der Waals surface area (Å²) in [6.45, 7) is 4.18. The molecule has 1 aromatic carbocycles. The average Bonchev–Trinajstić information content (AvgIpc) is 3.27. The Hall–Kier alpha value is -3.00. The largest absolute Gasteiger partial charge is 0.466 e. The van der Waals surface area contributed by atoms with Gasteiger partial charge in [-0.15, -0.1) is 11.3 Å². The molecule has 134 valence electrons. The van der Waals surface area contributed by atoms with Crippen molar-refractivity contribution in [3.8, 4) is 5.69 Å². The molecule has 3 aromatic rings. The standard InChI is InChI=1S/C18H19N5O2S/c1-3-25-17(24)10-15-12-26-18(21-15)22-19-11-14-9-13(2)5-6-16(14)23-8-4-7-20-23/h4-9,11-12H,3,10H2,1-2H3,(H,21,22). The lowest BCUT2D eigenvalue weighted by atomic mass is 10.1. The number of anilines is 1. The molecule has 26 heavy (non-hydrogen) atoms. The van der Waals surface area contributed by atoms with Gasteiger partial charge in [-0.3, -0.25) is 10.2 Å². The Morgan fingerprint density at radius 2 is 2.35 bits per heavy atom. The molecule has 2 aromatic heterocycles. The highest BCUT2D eigenvalue weighted by Crippen LogP contribution is 2.17. The third-order valence-electron chi connectivity index (χ3n) is 3.48. The summed E-state index contributed by atoms with van der Waals surface area (Å²) in [5.41, 5.74) is 6.58. The minimum absolute atomic E-state index is 0.164. The van der Waals surface area contributed by atoms with Crippen LogP contribution in [-0.2, 0) is 16.0 Å². The van der Waals surface area contributed by atoms with Crippen molar-refractivity contribution in [2.45, 2.75) is 20.3 Å². The van der Waals surface area contributed by atoms with Gasteiger partial charge < -0.3 is 4.74 Å². The van der Waals surface area contributed by atoms with Crippen LogP contribution in [0.4, 0.5) is 5.13 Å². The third-order valence-corrected chi connectivity index (χ3v) is 4.28. The molecule has 0 aliphatic carbocycles. The first-order valence-corrected chi connectivity index (χ1v) is 9.03. The van der Waals surface area contributed by atoms with Crippen LogP contribution in [0.15, 0.2) is 47.1 Å². The molecule has 7 nitrogen and oxygen atoms in total. The third kappa shape index (κ3) is 4.54. The predicted molar refractivity (Wildman–Crippen MR) is 102 cm³/mol. The van der Waals surface area contributed by atoms with Crippen molar-refractivity contribution in [3.05, 3.63) is 58.9 Å². The van der Waals surface area contributed by atoms with E-state index in [4.69, 9.17) is 4.74 Å². The number of aryl methyl sites for hydroxylation is 1. The maximum atomic E-state index is 11.5. The molecule has 0 aliphatic rings. The van der Waals surface area contributed by atoms with Crippen molar-refractivity contribution in [2.24, 2.45) is 5.10 Å². The number of nitrogens with one attached hydrogen (secondary N) is 1. The quantitative estimate of drug-likeness (QED) is 0.393. The van der Waals surface area contributed by atoms with Crippen LogP contribution in [0.25, 0.3) is 5.69 Å². The summed E-state index contributed by atoms with van der Waals surface area (Å²) in [5, 5.41) is 11.0. The molecule has 2 heterocycles. The average molecular weight is 369 g/mol. The van der Waals surface area contributed by atoms with Gasteiger partial charge in [0.2, 0.25) is 5.13 Å². The summed E-state index contributed by atoms with van der Waals surface area (Å²) in [5.74, 6) is -0.281. The van der Waals surface area contributed by atoms with Crippen LogP contribution in [0.2, 0.25) is 0 Å². The maximum absolute atomic E-state index is 11.5. The van der Waals surface area contributed by atoms with Gasteiger partial charge in [-0.1, -0.05) is 11.6 Å². The maximum Gasteiger partial charge on any atom is 0.311 e. The number of nitrogens with zero attached hydrogens (tertiary/aromatic N) is 4. The van der Waals surface area contributed by atoms with Gasteiger partial charge in [-0.05, 0) is 32.0 Å². The van der Waals surface area contributed by atoms with Crippen LogP contribution in [-0.4, -0.2) is 33.6 Å². The first-order valence-electron chi connectivity index (χ1n) is 8.15. The van der Waals surface area contributed by atoms with Gasteiger partial charge in [-0.25, -0.2) is 9.67 Å². The lowest BCUT2D eigenvalue weighted by molar-refractivity contribution is -0.142. The number of ether oxygens (including phenoxy) is 1. The summed E-state index contributed by atoms with van der Waals surface area (Å²) in [4.78, 5) is 15.8. The topological polar surface area (TPSA) is 81.4 Å². The van der Waals surface area contributed by atoms with Crippen molar-refractivity contribution in [1.82, 2.24) is 14.8 Å². The number of hydrogen-bond acceptors (Lipinski definition) is 7. The molecule has 0 atom stereocenters. The summed E-state index contributed by atoms with van der Waals surface area (Å²) in [6, 6.07) is 7.95. The fourth-order valence-corrected chi connectivity index (χ4v) is 3.01. The van der Waals surface area contributed by atoms with Crippen LogP contribution < -0.4 is 5.43 Å². The number of esters is 1. The minimum Gasteiger partial charge on any atom is -0.466 e. The highest BCUT2D eigenvalue weighted by atomic mass is 32.1. The fourth-order valence-electron chi connectivity index (χ4n) is 2.35. The van der Waals surface area contributed by atoms with E-state index in [9.17, 15) is 4.79 Å². The van der Waals surface area contributed by atoms with Gasteiger partial charge in [0, 0.05) is 23.3 Å². The van der Waals surface area contributed by atoms with Gasteiger partial charge in [0.05, 0.1) is 30.6 Å². The summed E-state index contributed by atoms with van der Waals surface area (Å²) in [6.07, 6.45) is 5.52. The van der Waals surface area contributed by atoms with Crippen LogP contribution in [0.5, 0.6) is 0 Å². The molecule has 0 spiro atoms. The number of carbonyl (C=O) groups is 1. The molecule has 0 saturated heterocycles. The van der Waals surface area contributed by atoms with E-state index < -0.39 is 0 Å². The molecule has 8 heteroatoms. The molecular weight excluding hydrogens is 350 g/mol. The van der Waals surface area contributed by atoms with Crippen molar-refractivity contribution in [2.75, 3.05) is 12.0 Å². The lowest BCUT2D eigenvalue weighted by Gasteiger charge is -2.07. The van der Waals surface area contributed by atoms with Crippen LogP contribution in [0.1, 0.15) is 23.7 Å². The number of thiazole rings is 1. The molecule has 0 bridgehead atoms. The molecular formula is C18H19N5O2S. The number of hydrogen-bond donors (Lipinski definition) is 1.